The molecule has 8 heteroatoms. The fraction of sp³-hybridized carbons (Fsp3) is 0.562. The summed E-state index contributed by atoms with van der Waals surface area (Å²) < 4.78 is 28.4. The topological polar surface area (TPSA) is 133 Å². The summed E-state index contributed by atoms with van der Waals surface area (Å²) in [7, 11) is 0. The first-order valence-corrected chi connectivity index (χ1v) is 11.4. The van der Waals surface area contributed by atoms with Crippen molar-refractivity contribution in [2.45, 2.75) is 52.0 Å². The van der Waals surface area contributed by atoms with Crippen molar-refractivity contribution in [2.24, 2.45) is 11.7 Å². The van der Waals surface area contributed by atoms with Gasteiger partial charge in [-0.05, 0) is 25.7 Å². The van der Waals surface area contributed by atoms with Gasteiger partial charge >= 0.3 is 88.1 Å². The first-order chi connectivity index (χ1) is 11.1. The van der Waals surface area contributed by atoms with Crippen LogP contribution in [0.3, 0.4) is 0 Å². The molecule has 1 saturated carbocycles. The van der Waals surface area contributed by atoms with E-state index in [0.717, 1.165) is 12.0 Å². The summed E-state index contributed by atoms with van der Waals surface area (Å²) in [6, 6.07) is 4.26. The van der Waals surface area contributed by atoms with E-state index in [9.17, 15) is 13.6 Å². The predicted octanol–water partition coefficient (Wildman–Crippen LogP) is 0.825. The minimum atomic E-state index is -5.15. The van der Waals surface area contributed by atoms with E-state index >= 15 is 0 Å². The molecule has 0 bridgehead atoms. The van der Waals surface area contributed by atoms with Gasteiger partial charge in [-0.3, -0.25) is 0 Å². The molecule has 1 aromatic carbocycles. The van der Waals surface area contributed by atoms with E-state index in [-0.39, 0.29) is 5.69 Å². The second-order valence-electron chi connectivity index (χ2n) is 6.16. The van der Waals surface area contributed by atoms with Crippen molar-refractivity contribution >= 4 is 30.1 Å². The molecule has 24 heavy (non-hydrogen) atoms. The summed E-state index contributed by atoms with van der Waals surface area (Å²) >= 11 is -5.15. The summed E-state index contributed by atoms with van der Waals surface area (Å²) in [4.78, 5) is 10.7. The maximum absolute atomic E-state index is 11.0. The smallest absolute Gasteiger partial charge is 0.00387 e. The quantitative estimate of drug-likeness (QED) is 0.376. The Labute approximate surface area is 145 Å². The van der Waals surface area contributed by atoms with Gasteiger partial charge in [-0.2, -0.15) is 0 Å². The first-order valence-electron chi connectivity index (χ1n) is 8.04. The predicted molar refractivity (Wildman–Crippen MR) is 93.1 cm³/mol. The Morgan fingerprint density at radius 2 is 1.88 bits per heavy atom. The number of rotatable bonds is 3. The Balaban J connectivity index is 0.000000272. The van der Waals surface area contributed by atoms with Crippen molar-refractivity contribution in [3.8, 4) is 5.75 Å². The number of carbonyl (C=O) groups excluding carboxylic acids is 1. The standard InChI is InChI=1S/C8H10AsNO5.C8H17N/c1-5(11)10-7-4-2-3-6(8(7)12)9(13,14)15;1-7(9)8-5-3-2-4-6-8/h2-4,12H,1H3,(H,10,11)(H2,13,14,15);7-8H,2-6,9H2,1H3. The van der Waals surface area contributed by atoms with E-state index in [1.807, 2.05) is 0 Å². The van der Waals surface area contributed by atoms with Crippen LogP contribution in [-0.2, 0) is 8.53 Å². The third-order valence-electron chi connectivity index (χ3n) is 4.03. The molecule has 2 rings (SSSR count). The average molecular weight is 402 g/mol. The monoisotopic (exact) mass is 402 g/mol. The van der Waals surface area contributed by atoms with Gasteiger partial charge in [0.1, 0.15) is 0 Å². The number of hydrogen-bond donors (Lipinski definition) is 5. The SMILES string of the molecule is CC(=O)Nc1cccc([As](=O)(O)O)c1O.CC(N)C1CCCCC1. The fourth-order valence-electron chi connectivity index (χ4n) is 2.72. The van der Waals surface area contributed by atoms with Gasteiger partial charge in [0.15, 0.2) is 0 Å². The zero-order valence-electron chi connectivity index (χ0n) is 14.1. The van der Waals surface area contributed by atoms with Gasteiger partial charge in [-0.1, -0.05) is 19.3 Å². The minimum Gasteiger partial charge on any atom is -0.328 e. The number of phenolic OH excluding ortho intramolecular Hbond substituents is 1. The number of carbonyl (C=O) groups is 1. The molecule has 0 saturated heterocycles. The van der Waals surface area contributed by atoms with Crippen molar-refractivity contribution in [3.63, 3.8) is 0 Å². The van der Waals surface area contributed by atoms with Crippen LogP contribution in [0.5, 0.6) is 5.75 Å². The van der Waals surface area contributed by atoms with Crippen LogP contribution >= 0.6 is 0 Å². The van der Waals surface area contributed by atoms with Crippen LogP contribution in [0.1, 0.15) is 46.0 Å². The molecule has 1 aromatic rings. The van der Waals surface area contributed by atoms with Crippen molar-refractivity contribution in [3.05, 3.63) is 18.2 Å². The third-order valence-corrected chi connectivity index (χ3v) is 6.11. The summed E-state index contributed by atoms with van der Waals surface area (Å²) in [5.41, 5.74) is 5.76. The number of phenols is 1. The Hall–Kier alpha value is -1.27. The van der Waals surface area contributed by atoms with Crippen LogP contribution in [0.2, 0.25) is 0 Å². The van der Waals surface area contributed by atoms with Crippen LogP contribution in [0.25, 0.3) is 0 Å². The number of benzene rings is 1. The molecule has 1 fully saturated rings. The molecular formula is C16H27AsN2O5. The Kier molecular flexibility index (Phi) is 8.03. The van der Waals surface area contributed by atoms with Crippen molar-refractivity contribution in [1.29, 1.82) is 0 Å². The Bertz CT molecular complexity index is 594. The second-order valence-corrected chi connectivity index (χ2v) is 9.45. The number of anilines is 1. The van der Waals surface area contributed by atoms with Crippen LogP contribution < -0.4 is 15.4 Å². The molecule has 6 N–H and O–H groups in total. The van der Waals surface area contributed by atoms with Crippen molar-refractivity contribution in [2.75, 3.05) is 5.32 Å². The molecule has 0 spiro atoms. The molecular weight excluding hydrogens is 375 g/mol. The van der Waals surface area contributed by atoms with Crippen LogP contribution in [-0.4, -0.2) is 39.4 Å². The Morgan fingerprint density at radius 3 is 2.29 bits per heavy atom. The van der Waals surface area contributed by atoms with E-state index in [2.05, 4.69) is 12.2 Å². The maximum Gasteiger partial charge on any atom is 0.00387 e. The molecule has 136 valence electrons. The summed E-state index contributed by atoms with van der Waals surface area (Å²) in [6.45, 7) is 3.37. The fourth-order valence-corrected chi connectivity index (χ4v) is 4.14. The largest absolute Gasteiger partial charge is 0.328 e. The van der Waals surface area contributed by atoms with Gasteiger partial charge < -0.3 is 5.73 Å². The third kappa shape index (κ3) is 6.69. The summed E-state index contributed by atoms with van der Waals surface area (Å²) in [5.74, 6) is -0.181. The molecule has 1 unspecified atom stereocenters. The van der Waals surface area contributed by atoms with Crippen LogP contribution in [0.4, 0.5) is 5.69 Å². The van der Waals surface area contributed by atoms with Crippen molar-refractivity contribution < 1.29 is 21.8 Å². The van der Waals surface area contributed by atoms with Crippen LogP contribution in [0.15, 0.2) is 18.2 Å². The van der Waals surface area contributed by atoms with E-state index in [1.54, 1.807) is 0 Å². The molecule has 0 radical (unpaired) electrons. The first kappa shape index (κ1) is 20.8. The molecule has 0 aliphatic heterocycles. The van der Waals surface area contributed by atoms with Crippen LogP contribution in [0, 0.1) is 5.92 Å². The van der Waals surface area contributed by atoms with Gasteiger partial charge in [0.2, 0.25) is 0 Å². The van der Waals surface area contributed by atoms with E-state index in [4.69, 9.17) is 13.9 Å². The zero-order chi connectivity index (χ0) is 18.3. The van der Waals surface area contributed by atoms with E-state index in [0.29, 0.717) is 6.04 Å². The van der Waals surface area contributed by atoms with E-state index < -0.39 is 30.2 Å². The number of hydrogen-bond acceptors (Lipinski definition) is 4. The van der Waals surface area contributed by atoms with Gasteiger partial charge in [-0.25, -0.2) is 0 Å². The number of nitrogens with two attached hydrogens (primary N) is 1. The van der Waals surface area contributed by atoms with Gasteiger partial charge in [0.05, 0.1) is 0 Å². The molecule has 1 aliphatic carbocycles. The van der Waals surface area contributed by atoms with Crippen molar-refractivity contribution in [1.82, 2.24) is 0 Å². The molecule has 0 heterocycles. The molecule has 0 aromatic heterocycles. The normalized spacial score (nSPS) is 16.7. The number of nitrogens with one attached hydrogen (secondary N) is 1. The summed E-state index contributed by atoms with van der Waals surface area (Å²) in [5, 5.41) is 11.7. The average Bonchev–Trinajstić information content (AvgIpc) is 2.49. The molecule has 1 atom stereocenters. The number of aromatic hydroxyl groups is 1. The zero-order valence-corrected chi connectivity index (χ0v) is 16.0. The van der Waals surface area contributed by atoms with E-state index in [1.165, 1.54) is 51.2 Å². The van der Waals surface area contributed by atoms with Gasteiger partial charge in [0.25, 0.3) is 0 Å². The number of amides is 1. The van der Waals surface area contributed by atoms with Gasteiger partial charge in [0, 0.05) is 6.04 Å². The second kappa shape index (κ2) is 9.27. The minimum absolute atomic E-state index is 0.00951. The Morgan fingerprint density at radius 1 is 1.29 bits per heavy atom. The molecule has 1 amide bonds. The van der Waals surface area contributed by atoms with Gasteiger partial charge in [-0.15, -0.1) is 0 Å². The number of para-hydroxylation sites is 1. The maximum atomic E-state index is 11.0. The molecule has 1 aliphatic rings. The molecule has 7 nitrogen and oxygen atoms in total. The summed E-state index contributed by atoms with van der Waals surface area (Å²) in [6.07, 6.45) is 7.00.